The molecule has 0 radical (unpaired) electrons. The highest BCUT2D eigenvalue weighted by atomic mass is 19.1. The van der Waals surface area contributed by atoms with Crippen molar-refractivity contribution in [2.24, 2.45) is 0 Å². The molecular weight excluding hydrogens is 259 g/mol. The SMILES string of the molecule is CNC(C)(COc1c(F)cccc1[N+](=O)[O-])C(=O)O. The first kappa shape index (κ1) is 14.8. The lowest BCUT2D eigenvalue weighted by atomic mass is 10.1. The number of ether oxygens (including phenoxy) is 1. The van der Waals surface area contributed by atoms with Crippen molar-refractivity contribution in [2.75, 3.05) is 13.7 Å². The van der Waals surface area contributed by atoms with Gasteiger partial charge in [0.15, 0.2) is 5.82 Å². The van der Waals surface area contributed by atoms with E-state index in [1.165, 1.54) is 20.0 Å². The highest BCUT2D eigenvalue weighted by Crippen LogP contribution is 2.30. The third-order valence-electron chi connectivity index (χ3n) is 2.67. The average molecular weight is 272 g/mol. The lowest BCUT2D eigenvalue weighted by Crippen LogP contribution is -2.52. The third-order valence-corrected chi connectivity index (χ3v) is 2.67. The number of nitro benzene ring substituents is 1. The van der Waals surface area contributed by atoms with Crippen LogP contribution in [0, 0.1) is 15.9 Å². The van der Waals surface area contributed by atoms with Crippen molar-refractivity contribution in [3.05, 3.63) is 34.1 Å². The monoisotopic (exact) mass is 272 g/mol. The number of carboxylic acid groups (broad SMARTS) is 1. The fourth-order valence-corrected chi connectivity index (χ4v) is 1.24. The molecule has 2 N–H and O–H groups in total. The Hall–Kier alpha value is -2.22. The van der Waals surface area contributed by atoms with Crippen LogP contribution in [0.4, 0.5) is 10.1 Å². The molecule has 0 amide bonds. The van der Waals surface area contributed by atoms with E-state index >= 15 is 0 Å². The summed E-state index contributed by atoms with van der Waals surface area (Å²) in [6, 6.07) is 3.25. The zero-order chi connectivity index (χ0) is 14.6. The van der Waals surface area contributed by atoms with E-state index in [2.05, 4.69) is 5.32 Å². The maximum absolute atomic E-state index is 13.5. The molecule has 0 aliphatic carbocycles. The number of carbonyl (C=O) groups is 1. The normalized spacial score (nSPS) is 13.6. The molecule has 0 spiro atoms. The number of aliphatic carboxylic acids is 1. The minimum absolute atomic E-state index is 0.458. The van der Waals surface area contributed by atoms with Crippen LogP contribution in [0.5, 0.6) is 5.75 Å². The van der Waals surface area contributed by atoms with Crippen LogP contribution in [-0.4, -0.2) is 35.2 Å². The number of carboxylic acids is 1. The number of nitro groups is 1. The van der Waals surface area contributed by atoms with Crippen molar-refractivity contribution in [3.63, 3.8) is 0 Å². The van der Waals surface area contributed by atoms with Crippen molar-refractivity contribution >= 4 is 11.7 Å². The van der Waals surface area contributed by atoms with Gasteiger partial charge in [-0.1, -0.05) is 6.07 Å². The topological polar surface area (TPSA) is 102 Å². The van der Waals surface area contributed by atoms with Gasteiger partial charge < -0.3 is 15.2 Å². The van der Waals surface area contributed by atoms with Crippen LogP contribution in [0.25, 0.3) is 0 Å². The zero-order valence-electron chi connectivity index (χ0n) is 10.3. The standard InChI is InChI=1S/C11H13FN2O5/c1-11(13-2,10(15)16)6-19-9-7(12)4-3-5-8(9)14(17)18/h3-5,13H,6H2,1-2H3,(H,15,16). The first-order valence-electron chi connectivity index (χ1n) is 5.30. The number of likely N-dealkylation sites (N-methyl/N-ethyl adjacent to an activating group) is 1. The molecule has 0 aliphatic rings. The molecular formula is C11H13FN2O5. The Labute approximate surface area is 108 Å². The minimum Gasteiger partial charge on any atom is -0.482 e. The minimum atomic E-state index is -1.48. The van der Waals surface area contributed by atoms with Crippen LogP contribution in [-0.2, 0) is 4.79 Å². The van der Waals surface area contributed by atoms with E-state index in [1.807, 2.05) is 0 Å². The second-order valence-electron chi connectivity index (χ2n) is 4.02. The molecule has 0 saturated heterocycles. The molecule has 0 bridgehead atoms. The van der Waals surface area contributed by atoms with Crippen molar-refractivity contribution in [1.82, 2.24) is 5.32 Å². The summed E-state index contributed by atoms with van der Waals surface area (Å²) in [4.78, 5) is 20.9. The summed E-state index contributed by atoms with van der Waals surface area (Å²) in [6.45, 7) is 0.864. The van der Waals surface area contributed by atoms with Gasteiger partial charge in [0.2, 0.25) is 5.75 Å². The van der Waals surface area contributed by atoms with Gasteiger partial charge in [0, 0.05) is 6.07 Å². The van der Waals surface area contributed by atoms with E-state index in [4.69, 9.17) is 9.84 Å². The third kappa shape index (κ3) is 3.16. The molecule has 0 saturated carbocycles. The highest BCUT2D eigenvalue weighted by molar-refractivity contribution is 5.78. The lowest BCUT2D eigenvalue weighted by molar-refractivity contribution is -0.386. The summed E-state index contributed by atoms with van der Waals surface area (Å²) in [5.74, 6) is -2.71. The van der Waals surface area contributed by atoms with Gasteiger partial charge in [-0.25, -0.2) is 4.39 Å². The molecule has 0 aromatic heterocycles. The first-order chi connectivity index (χ1) is 8.81. The summed E-state index contributed by atoms with van der Waals surface area (Å²) in [5.41, 5.74) is -2.03. The largest absolute Gasteiger partial charge is 0.482 e. The Morgan fingerprint density at radius 3 is 2.74 bits per heavy atom. The number of hydrogen-bond acceptors (Lipinski definition) is 5. The molecule has 0 fully saturated rings. The quantitative estimate of drug-likeness (QED) is 0.595. The summed E-state index contributed by atoms with van der Waals surface area (Å²) >= 11 is 0. The summed E-state index contributed by atoms with van der Waals surface area (Å²) < 4.78 is 18.5. The second kappa shape index (κ2) is 5.61. The number of halogens is 1. The van der Waals surface area contributed by atoms with E-state index in [9.17, 15) is 19.3 Å². The Morgan fingerprint density at radius 1 is 1.63 bits per heavy atom. The maximum Gasteiger partial charge on any atom is 0.327 e. The van der Waals surface area contributed by atoms with Crippen LogP contribution in [0.1, 0.15) is 6.92 Å². The van der Waals surface area contributed by atoms with E-state index in [-0.39, 0.29) is 0 Å². The van der Waals surface area contributed by atoms with E-state index < -0.39 is 40.3 Å². The molecule has 19 heavy (non-hydrogen) atoms. The van der Waals surface area contributed by atoms with Crippen LogP contribution in [0.3, 0.4) is 0 Å². The summed E-state index contributed by atoms with van der Waals surface area (Å²) in [5, 5.41) is 22.2. The second-order valence-corrected chi connectivity index (χ2v) is 4.02. The number of nitrogens with zero attached hydrogens (tertiary/aromatic N) is 1. The Balaban J connectivity index is 3.01. The van der Waals surface area contributed by atoms with E-state index in [1.54, 1.807) is 0 Å². The van der Waals surface area contributed by atoms with Crippen molar-refractivity contribution in [2.45, 2.75) is 12.5 Å². The zero-order valence-corrected chi connectivity index (χ0v) is 10.3. The molecule has 1 aromatic rings. The van der Waals surface area contributed by atoms with Crippen molar-refractivity contribution in [1.29, 1.82) is 0 Å². The van der Waals surface area contributed by atoms with Crippen molar-refractivity contribution < 1.29 is 24.0 Å². The molecule has 7 nitrogen and oxygen atoms in total. The molecule has 8 heteroatoms. The van der Waals surface area contributed by atoms with Gasteiger partial charge >= 0.3 is 11.7 Å². The summed E-state index contributed by atoms with van der Waals surface area (Å²) in [7, 11) is 1.40. The van der Waals surface area contributed by atoms with E-state index in [0.29, 0.717) is 0 Å². The Bertz CT molecular complexity index is 508. The predicted molar refractivity (Wildman–Crippen MR) is 63.6 cm³/mol. The Kier molecular flexibility index (Phi) is 4.38. The molecule has 0 heterocycles. The van der Waals surface area contributed by atoms with Gasteiger partial charge in [-0.2, -0.15) is 0 Å². The highest BCUT2D eigenvalue weighted by Gasteiger charge is 2.33. The average Bonchev–Trinajstić information content (AvgIpc) is 2.36. The molecule has 1 atom stereocenters. The van der Waals surface area contributed by atoms with Crippen LogP contribution in [0.15, 0.2) is 18.2 Å². The first-order valence-corrected chi connectivity index (χ1v) is 5.30. The smallest absolute Gasteiger partial charge is 0.327 e. The van der Waals surface area contributed by atoms with Gasteiger partial charge in [-0.15, -0.1) is 0 Å². The van der Waals surface area contributed by atoms with Gasteiger partial charge in [0.1, 0.15) is 12.1 Å². The number of nitrogens with one attached hydrogen (secondary N) is 1. The molecule has 0 aliphatic heterocycles. The fraction of sp³-hybridized carbons (Fsp3) is 0.364. The number of para-hydroxylation sites is 1. The van der Waals surface area contributed by atoms with Crippen LogP contribution >= 0.6 is 0 Å². The van der Waals surface area contributed by atoms with Crippen molar-refractivity contribution in [3.8, 4) is 5.75 Å². The van der Waals surface area contributed by atoms with Gasteiger partial charge in [-0.3, -0.25) is 14.9 Å². The maximum atomic E-state index is 13.5. The lowest BCUT2D eigenvalue weighted by Gasteiger charge is -2.24. The van der Waals surface area contributed by atoms with E-state index in [0.717, 1.165) is 12.1 Å². The van der Waals surface area contributed by atoms with Gasteiger partial charge in [-0.05, 0) is 20.0 Å². The summed E-state index contributed by atoms with van der Waals surface area (Å²) in [6.07, 6.45) is 0. The molecule has 1 aromatic carbocycles. The number of benzene rings is 1. The van der Waals surface area contributed by atoms with Crippen LogP contribution in [0.2, 0.25) is 0 Å². The Morgan fingerprint density at radius 2 is 2.26 bits per heavy atom. The number of hydrogen-bond donors (Lipinski definition) is 2. The molecule has 1 rings (SSSR count). The fourth-order valence-electron chi connectivity index (χ4n) is 1.24. The number of rotatable bonds is 6. The molecule has 104 valence electrons. The predicted octanol–water partition coefficient (Wildman–Crippen LogP) is 1.18. The van der Waals surface area contributed by atoms with Gasteiger partial charge in [0.05, 0.1) is 4.92 Å². The molecule has 1 unspecified atom stereocenters. The van der Waals surface area contributed by atoms with Gasteiger partial charge in [0.25, 0.3) is 0 Å². The van der Waals surface area contributed by atoms with Crippen LogP contribution < -0.4 is 10.1 Å².